The van der Waals surface area contributed by atoms with Crippen LogP contribution in [0.2, 0.25) is 0 Å². The Hall–Kier alpha value is -3.44. The van der Waals surface area contributed by atoms with Crippen molar-refractivity contribution in [3.63, 3.8) is 0 Å². The lowest BCUT2D eigenvalue weighted by Crippen LogP contribution is -2.48. The molecule has 2 aromatic rings. The molecule has 1 aliphatic heterocycles. The Morgan fingerprint density at radius 2 is 1.67 bits per heavy atom. The third-order valence-corrected chi connectivity index (χ3v) is 5.83. The molecule has 1 fully saturated rings. The van der Waals surface area contributed by atoms with Crippen LogP contribution in [0, 0.1) is 11.3 Å². The average Bonchev–Trinajstić information content (AvgIpc) is 2.78. The summed E-state index contributed by atoms with van der Waals surface area (Å²) in [5.41, 5.74) is 0.113. The van der Waals surface area contributed by atoms with Gasteiger partial charge >= 0.3 is 6.09 Å². The molecule has 0 bridgehead atoms. The number of ether oxygens (including phenoxy) is 1. The van der Waals surface area contributed by atoms with Crippen molar-refractivity contribution in [2.24, 2.45) is 0 Å². The van der Waals surface area contributed by atoms with E-state index in [4.69, 9.17) is 4.74 Å². The van der Waals surface area contributed by atoms with E-state index in [1.165, 1.54) is 0 Å². The van der Waals surface area contributed by atoms with Crippen LogP contribution in [0.15, 0.2) is 76.2 Å². The van der Waals surface area contributed by atoms with Crippen LogP contribution in [0.25, 0.3) is 0 Å². The van der Waals surface area contributed by atoms with Gasteiger partial charge in [0.25, 0.3) is 5.91 Å². The van der Waals surface area contributed by atoms with Gasteiger partial charge in [0.05, 0.1) is 5.69 Å². The maximum Gasteiger partial charge on any atom is 0.410 e. The molecular weight excluding hydrogens is 436 g/mol. The fourth-order valence-corrected chi connectivity index (χ4v) is 4.07. The maximum atomic E-state index is 12.8. The number of nitrogens with zero attached hydrogens (tertiary/aromatic N) is 3. The van der Waals surface area contributed by atoms with Gasteiger partial charge in [-0.2, -0.15) is 5.26 Å². The molecule has 0 radical (unpaired) electrons. The smallest absolute Gasteiger partial charge is 0.410 e. The summed E-state index contributed by atoms with van der Waals surface area (Å²) >= 11 is 1.54. The number of para-hydroxylation sites is 1. The molecule has 0 aromatic heterocycles. The normalized spacial score (nSPS) is 14.4. The molecule has 1 saturated heterocycles. The molecule has 1 heterocycles. The standard InChI is InChI=1S/C25H28N4O3S/c1-25(2,3)32-24(31)29-15-13-28(14-16-29)18-19(17-26)23(30)27-21-11-7-8-12-22(21)33-20-9-5-4-6-10-20/h4-12,18H,13-16H2,1-3H3,(H,27,30)/b19-18-. The Labute approximate surface area is 199 Å². The summed E-state index contributed by atoms with van der Waals surface area (Å²) in [4.78, 5) is 30.5. The van der Waals surface area contributed by atoms with Crippen LogP contribution in [-0.4, -0.2) is 53.6 Å². The highest BCUT2D eigenvalue weighted by Gasteiger charge is 2.25. The van der Waals surface area contributed by atoms with Crippen LogP contribution in [-0.2, 0) is 9.53 Å². The predicted molar refractivity (Wildman–Crippen MR) is 129 cm³/mol. The number of amides is 2. The molecule has 0 saturated carbocycles. The van der Waals surface area contributed by atoms with Crippen molar-refractivity contribution in [1.82, 2.24) is 9.80 Å². The Balaban J connectivity index is 1.62. The molecule has 172 valence electrons. The minimum absolute atomic E-state index is 0.0141. The van der Waals surface area contributed by atoms with Gasteiger partial charge in [-0.05, 0) is 45.0 Å². The van der Waals surface area contributed by atoms with E-state index >= 15 is 0 Å². The Morgan fingerprint density at radius 1 is 1.03 bits per heavy atom. The zero-order chi connectivity index (χ0) is 23.8. The highest BCUT2D eigenvalue weighted by molar-refractivity contribution is 7.99. The van der Waals surface area contributed by atoms with E-state index in [-0.39, 0.29) is 11.7 Å². The first-order chi connectivity index (χ1) is 15.7. The van der Waals surface area contributed by atoms with Crippen molar-refractivity contribution in [2.45, 2.75) is 36.2 Å². The Kier molecular flexibility index (Phi) is 8.01. The molecule has 2 aromatic carbocycles. The summed E-state index contributed by atoms with van der Waals surface area (Å²) in [7, 11) is 0. The van der Waals surface area contributed by atoms with E-state index < -0.39 is 11.5 Å². The lowest BCUT2D eigenvalue weighted by molar-refractivity contribution is -0.112. The fraction of sp³-hybridized carbons (Fsp3) is 0.320. The molecule has 0 spiro atoms. The van der Waals surface area contributed by atoms with E-state index in [0.29, 0.717) is 31.9 Å². The number of piperazine rings is 1. The third kappa shape index (κ3) is 7.29. The first-order valence-corrected chi connectivity index (χ1v) is 11.5. The molecule has 0 atom stereocenters. The first kappa shape index (κ1) is 24.2. The number of carbonyl (C=O) groups excluding carboxylic acids is 2. The predicted octanol–water partition coefficient (Wildman–Crippen LogP) is 4.74. The third-order valence-electron chi connectivity index (χ3n) is 4.75. The van der Waals surface area contributed by atoms with Crippen LogP contribution in [0.3, 0.4) is 0 Å². The van der Waals surface area contributed by atoms with Gasteiger partial charge in [0.2, 0.25) is 0 Å². The first-order valence-electron chi connectivity index (χ1n) is 10.7. The number of nitrogens with one attached hydrogen (secondary N) is 1. The highest BCUT2D eigenvalue weighted by Crippen LogP contribution is 2.33. The molecule has 0 aliphatic carbocycles. The topological polar surface area (TPSA) is 85.7 Å². The van der Waals surface area contributed by atoms with Crippen LogP contribution < -0.4 is 5.32 Å². The fourth-order valence-electron chi connectivity index (χ4n) is 3.14. The van der Waals surface area contributed by atoms with Gasteiger partial charge in [0.15, 0.2) is 0 Å². The molecule has 1 aliphatic rings. The number of nitriles is 1. The van der Waals surface area contributed by atoms with Gasteiger partial charge in [-0.25, -0.2) is 4.79 Å². The summed E-state index contributed by atoms with van der Waals surface area (Å²) in [5, 5.41) is 12.4. The number of anilines is 1. The largest absolute Gasteiger partial charge is 0.444 e. The molecule has 0 unspecified atom stereocenters. The summed E-state index contributed by atoms with van der Waals surface area (Å²) in [6, 6.07) is 19.4. The quantitative estimate of drug-likeness (QED) is 0.508. The summed E-state index contributed by atoms with van der Waals surface area (Å²) in [6.07, 6.45) is 1.21. The molecule has 3 rings (SSSR count). The van der Waals surface area contributed by atoms with Crippen molar-refractivity contribution >= 4 is 29.4 Å². The Bertz CT molecular complexity index is 1050. The van der Waals surface area contributed by atoms with E-state index in [2.05, 4.69) is 5.32 Å². The van der Waals surface area contributed by atoms with Crippen LogP contribution in [0.5, 0.6) is 0 Å². The molecule has 33 heavy (non-hydrogen) atoms. The number of carbonyl (C=O) groups is 2. The van der Waals surface area contributed by atoms with Crippen molar-refractivity contribution < 1.29 is 14.3 Å². The van der Waals surface area contributed by atoms with E-state index in [1.807, 2.05) is 86.3 Å². The van der Waals surface area contributed by atoms with Crippen molar-refractivity contribution in [2.75, 3.05) is 31.5 Å². The van der Waals surface area contributed by atoms with E-state index in [0.717, 1.165) is 9.79 Å². The van der Waals surface area contributed by atoms with Crippen LogP contribution >= 0.6 is 11.8 Å². The van der Waals surface area contributed by atoms with E-state index in [1.54, 1.807) is 22.9 Å². The van der Waals surface area contributed by atoms with Gasteiger partial charge in [-0.15, -0.1) is 0 Å². The van der Waals surface area contributed by atoms with Crippen LogP contribution in [0.1, 0.15) is 20.8 Å². The second-order valence-corrected chi connectivity index (χ2v) is 9.64. The second kappa shape index (κ2) is 10.9. The molecular formula is C25H28N4O3S. The SMILES string of the molecule is CC(C)(C)OC(=O)N1CCN(/C=C(/C#N)C(=O)Nc2ccccc2Sc2ccccc2)CC1. The van der Waals surface area contributed by atoms with Crippen molar-refractivity contribution in [3.8, 4) is 6.07 Å². The van der Waals surface area contributed by atoms with Crippen molar-refractivity contribution in [3.05, 3.63) is 66.4 Å². The number of rotatable bonds is 5. The Morgan fingerprint density at radius 3 is 2.30 bits per heavy atom. The molecule has 8 heteroatoms. The maximum absolute atomic E-state index is 12.8. The van der Waals surface area contributed by atoms with Gasteiger partial charge in [0, 0.05) is 42.2 Å². The lowest BCUT2D eigenvalue weighted by atomic mass is 10.2. The van der Waals surface area contributed by atoms with Gasteiger partial charge < -0.3 is 19.9 Å². The van der Waals surface area contributed by atoms with Gasteiger partial charge in [-0.1, -0.05) is 42.1 Å². The number of benzene rings is 2. The summed E-state index contributed by atoms with van der Waals surface area (Å²) in [6.45, 7) is 7.44. The van der Waals surface area contributed by atoms with Crippen LogP contribution in [0.4, 0.5) is 10.5 Å². The summed E-state index contributed by atoms with van der Waals surface area (Å²) < 4.78 is 5.41. The number of hydrogen-bond acceptors (Lipinski definition) is 6. The second-order valence-electron chi connectivity index (χ2n) is 8.52. The zero-order valence-corrected chi connectivity index (χ0v) is 19.9. The minimum atomic E-state index is -0.546. The molecule has 1 N–H and O–H groups in total. The highest BCUT2D eigenvalue weighted by atomic mass is 32.2. The zero-order valence-electron chi connectivity index (χ0n) is 19.1. The van der Waals surface area contributed by atoms with E-state index in [9.17, 15) is 14.9 Å². The molecule has 2 amide bonds. The lowest BCUT2D eigenvalue weighted by Gasteiger charge is -2.35. The number of hydrogen-bond donors (Lipinski definition) is 1. The van der Waals surface area contributed by atoms with Gasteiger partial charge in [0.1, 0.15) is 17.2 Å². The average molecular weight is 465 g/mol. The monoisotopic (exact) mass is 464 g/mol. The van der Waals surface area contributed by atoms with Gasteiger partial charge in [-0.3, -0.25) is 4.79 Å². The summed E-state index contributed by atoms with van der Waals surface area (Å²) in [5.74, 6) is -0.465. The molecule has 7 nitrogen and oxygen atoms in total. The minimum Gasteiger partial charge on any atom is -0.444 e. The van der Waals surface area contributed by atoms with Crippen molar-refractivity contribution in [1.29, 1.82) is 5.26 Å².